The number of pyridine rings is 1. The Morgan fingerprint density at radius 3 is 2.65 bits per heavy atom. The molecule has 3 nitrogen and oxygen atoms in total. The summed E-state index contributed by atoms with van der Waals surface area (Å²) in [7, 11) is 0. The molecule has 86 valence electrons. The second kappa shape index (κ2) is 4.29. The largest absolute Gasteiger partial charge is 0.288 e. The molecular weight excluding hydrogens is 228 g/mol. The Morgan fingerprint density at radius 2 is 2.00 bits per heavy atom. The lowest BCUT2D eigenvalue weighted by Crippen LogP contribution is -2.30. The van der Waals surface area contributed by atoms with Gasteiger partial charge in [0.1, 0.15) is 5.82 Å². The first-order valence-corrected chi connectivity index (χ1v) is 4.78. The van der Waals surface area contributed by atoms with Crippen LogP contribution in [0.25, 0.3) is 0 Å². The van der Waals surface area contributed by atoms with Gasteiger partial charge in [-0.05, 0) is 12.1 Å². The Hall–Kier alpha value is -2.30. The average molecular weight is 236 g/mol. The van der Waals surface area contributed by atoms with E-state index < -0.39 is 17.4 Å². The minimum absolute atomic E-state index is 0.0552. The van der Waals surface area contributed by atoms with Crippen molar-refractivity contribution in [3.8, 4) is 0 Å². The normalized spacial score (nSPS) is 10.2. The summed E-state index contributed by atoms with van der Waals surface area (Å²) >= 11 is 0. The van der Waals surface area contributed by atoms with Crippen LogP contribution in [0.15, 0.2) is 42.7 Å². The molecule has 0 amide bonds. The summed E-state index contributed by atoms with van der Waals surface area (Å²) in [5.41, 5.74) is -0.166. The van der Waals surface area contributed by atoms with Crippen molar-refractivity contribution in [1.29, 1.82) is 0 Å². The van der Waals surface area contributed by atoms with Crippen molar-refractivity contribution in [1.82, 2.24) is 0 Å². The molecule has 0 unspecified atom stereocenters. The Labute approximate surface area is 95.5 Å². The molecule has 17 heavy (non-hydrogen) atoms. The molecule has 2 aromatic rings. The van der Waals surface area contributed by atoms with E-state index in [1.165, 1.54) is 18.2 Å². The van der Waals surface area contributed by atoms with Gasteiger partial charge in [0.15, 0.2) is 5.78 Å². The summed E-state index contributed by atoms with van der Waals surface area (Å²) in [6.45, 7) is 0. The van der Waals surface area contributed by atoms with Gasteiger partial charge < -0.3 is 0 Å². The summed E-state index contributed by atoms with van der Waals surface area (Å²) < 4.78 is 26.8. The van der Waals surface area contributed by atoms with Crippen LogP contribution in [0.5, 0.6) is 0 Å². The number of aromatic nitrogens is 1. The topological polar surface area (TPSA) is 41.2 Å². The Morgan fingerprint density at radius 1 is 1.24 bits per heavy atom. The maximum Gasteiger partial charge on any atom is 0.258 e. The predicted octanol–water partition coefficient (Wildman–Crippen LogP) is 1.72. The van der Waals surface area contributed by atoms with Gasteiger partial charge in [-0.3, -0.25) is 10.0 Å². The summed E-state index contributed by atoms with van der Waals surface area (Å²) in [6.07, 6.45) is 1.88. The van der Waals surface area contributed by atoms with E-state index >= 15 is 0 Å². The summed E-state index contributed by atoms with van der Waals surface area (Å²) in [5.74, 6) is -2.07. The van der Waals surface area contributed by atoms with Gasteiger partial charge in [-0.15, -0.1) is 0 Å². The zero-order chi connectivity index (χ0) is 12.4. The second-order valence-corrected chi connectivity index (χ2v) is 3.43. The van der Waals surface area contributed by atoms with E-state index in [-0.39, 0.29) is 11.1 Å². The summed E-state index contributed by atoms with van der Waals surface area (Å²) in [4.78, 5) is 11.8. The lowest BCUT2D eigenvalue weighted by molar-refractivity contribution is -0.905. The third kappa shape index (κ3) is 2.28. The zero-order valence-electron chi connectivity index (χ0n) is 8.60. The highest BCUT2D eigenvalue weighted by Crippen LogP contribution is 2.12. The lowest BCUT2D eigenvalue weighted by atomic mass is 10.0. The molecule has 0 atom stereocenters. The van der Waals surface area contributed by atoms with Crippen molar-refractivity contribution in [3.63, 3.8) is 0 Å². The van der Waals surface area contributed by atoms with E-state index in [2.05, 4.69) is 0 Å². The monoisotopic (exact) mass is 236 g/mol. The van der Waals surface area contributed by atoms with E-state index in [1.807, 2.05) is 0 Å². The number of hydrogen-bond acceptors (Lipinski definition) is 2. The van der Waals surface area contributed by atoms with Gasteiger partial charge in [0, 0.05) is 16.4 Å². The second-order valence-electron chi connectivity index (χ2n) is 3.43. The van der Waals surface area contributed by atoms with Crippen LogP contribution in [0.1, 0.15) is 15.9 Å². The number of carbonyl (C=O) groups excluding carboxylic acids is 1. The molecule has 1 aromatic carbocycles. The van der Waals surface area contributed by atoms with E-state index in [9.17, 15) is 13.6 Å². The molecule has 1 aromatic heterocycles. The number of rotatable bonds is 2. The van der Waals surface area contributed by atoms with Crippen LogP contribution in [-0.2, 0) is 0 Å². The van der Waals surface area contributed by atoms with Crippen LogP contribution in [0.4, 0.5) is 8.78 Å². The first-order valence-electron chi connectivity index (χ1n) is 4.78. The van der Waals surface area contributed by atoms with Crippen LogP contribution in [0.2, 0.25) is 0 Å². The van der Waals surface area contributed by atoms with Crippen molar-refractivity contribution < 1.29 is 23.5 Å². The van der Waals surface area contributed by atoms with Gasteiger partial charge in [-0.2, -0.15) is 4.39 Å². The van der Waals surface area contributed by atoms with Gasteiger partial charge in [-0.25, -0.2) is 4.39 Å². The molecule has 0 aliphatic carbocycles. The Balaban J connectivity index is 2.44. The van der Waals surface area contributed by atoms with Gasteiger partial charge in [0.2, 0.25) is 12.0 Å². The molecule has 0 radical (unpaired) electrons. The number of benzene rings is 1. The van der Waals surface area contributed by atoms with Crippen molar-refractivity contribution in [2.24, 2.45) is 0 Å². The maximum absolute atomic E-state index is 13.4. The Kier molecular flexibility index (Phi) is 2.82. The first-order chi connectivity index (χ1) is 8.08. The minimum atomic E-state index is -0.871. The van der Waals surface area contributed by atoms with Crippen molar-refractivity contribution in [2.75, 3.05) is 0 Å². The number of carbonyl (C=O) groups is 1. The molecule has 1 heterocycles. The number of hydrogen-bond donors (Lipinski definition) is 1. The SMILES string of the molecule is O=C(c1cccc(F)c1)c1cc[n+](O)cc1F. The fraction of sp³-hybridized carbons (Fsp3) is 0. The highest BCUT2D eigenvalue weighted by molar-refractivity contribution is 6.08. The van der Waals surface area contributed by atoms with Crippen molar-refractivity contribution in [3.05, 3.63) is 65.5 Å². The number of ketones is 1. The molecule has 0 bridgehead atoms. The van der Waals surface area contributed by atoms with Crippen molar-refractivity contribution >= 4 is 5.78 Å². The molecular formula is C12H8F2NO2+. The minimum Gasteiger partial charge on any atom is -0.288 e. The standard InChI is InChI=1S/C12H8F2NO2/c13-9-3-1-2-8(6-9)12(16)10-4-5-15(17)7-11(10)14/h1-7,17H/q+1. The lowest BCUT2D eigenvalue weighted by Gasteiger charge is -2.00. The van der Waals surface area contributed by atoms with E-state index in [0.29, 0.717) is 4.73 Å². The average Bonchev–Trinajstić information content (AvgIpc) is 2.28. The predicted molar refractivity (Wildman–Crippen MR) is 53.6 cm³/mol. The number of halogens is 2. The number of nitrogens with zero attached hydrogens (tertiary/aromatic N) is 1. The highest BCUT2D eigenvalue weighted by Gasteiger charge is 2.17. The van der Waals surface area contributed by atoms with Gasteiger partial charge in [0.25, 0.3) is 6.20 Å². The van der Waals surface area contributed by atoms with E-state index in [4.69, 9.17) is 5.21 Å². The van der Waals surface area contributed by atoms with Gasteiger partial charge in [-0.1, -0.05) is 12.1 Å². The smallest absolute Gasteiger partial charge is 0.258 e. The van der Waals surface area contributed by atoms with Gasteiger partial charge in [0.05, 0.1) is 5.56 Å². The van der Waals surface area contributed by atoms with Crippen molar-refractivity contribution in [2.45, 2.75) is 0 Å². The summed E-state index contributed by atoms with van der Waals surface area (Å²) in [6, 6.07) is 6.12. The third-order valence-corrected chi connectivity index (χ3v) is 2.23. The third-order valence-electron chi connectivity index (χ3n) is 2.23. The molecule has 0 aliphatic rings. The molecule has 0 spiro atoms. The zero-order valence-corrected chi connectivity index (χ0v) is 8.60. The fourth-order valence-corrected chi connectivity index (χ4v) is 1.43. The van der Waals surface area contributed by atoms with Crippen LogP contribution in [0, 0.1) is 11.6 Å². The molecule has 0 saturated carbocycles. The van der Waals surface area contributed by atoms with E-state index in [0.717, 1.165) is 24.5 Å². The van der Waals surface area contributed by atoms with Gasteiger partial charge >= 0.3 is 0 Å². The van der Waals surface area contributed by atoms with Crippen LogP contribution >= 0.6 is 0 Å². The molecule has 1 N–H and O–H groups in total. The fourth-order valence-electron chi connectivity index (χ4n) is 1.43. The van der Waals surface area contributed by atoms with Crippen LogP contribution < -0.4 is 4.73 Å². The molecule has 5 heteroatoms. The first kappa shape index (κ1) is 11.2. The summed E-state index contributed by atoms with van der Waals surface area (Å²) in [5, 5.41) is 8.94. The molecule has 2 rings (SSSR count). The maximum atomic E-state index is 13.4. The Bertz CT molecular complexity index is 584. The molecule has 0 saturated heterocycles. The molecule has 0 fully saturated rings. The highest BCUT2D eigenvalue weighted by atomic mass is 19.1. The van der Waals surface area contributed by atoms with E-state index in [1.54, 1.807) is 0 Å². The van der Waals surface area contributed by atoms with Crippen LogP contribution in [-0.4, -0.2) is 11.0 Å². The quantitative estimate of drug-likeness (QED) is 0.490. The molecule has 0 aliphatic heterocycles. The van der Waals surface area contributed by atoms with Crippen LogP contribution in [0.3, 0.4) is 0 Å².